The maximum atomic E-state index is 9.40. The molecule has 0 radical (unpaired) electrons. The smallest absolute Gasteiger partial charge is 0.0459 e. The molecular formula is C16H29BrO. The van der Waals surface area contributed by atoms with Crippen LogP contribution < -0.4 is 0 Å². The molecule has 2 heteroatoms. The molecule has 0 aromatic carbocycles. The minimum Gasteiger partial charge on any atom is -0.396 e. The number of fused-ring (bicyclic) bond motifs is 1. The summed E-state index contributed by atoms with van der Waals surface area (Å²) in [7, 11) is 0. The van der Waals surface area contributed by atoms with Crippen molar-refractivity contribution in [1.29, 1.82) is 0 Å². The molecule has 2 fully saturated rings. The van der Waals surface area contributed by atoms with Gasteiger partial charge in [-0.3, -0.25) is 0 Å². The summed E-state index contributed by atoms with van der Waals surface area (Å²) in [6.07, 6.45) is 6.55. The van der Waals surface area contributed by atoms with Crippen LogP contribution in [0.4, 0.5) is 0 Å². The molecule has 2 aliphatic rings. The highest BCUT2D eigenvalue weighted by Gasteiger charge is 2.50. The number of hydrogen-bond donors (Lipinski definition) is 1. The van der Waals surface area contributed by atoms with Gasteiger partial charge in [-0.1, -0.05) is 49.2 Å². The van der Waals surface area contributed by atoms with E-state index in [4.69, 9.17) is 0 Å². The van der Waals surface area contributed by atoms with Crippen LogP contribution in [-0.4, -0.2) is 11.7 Å². The van der Waals surface area contributed by atoms with Crippen LogP contribution in [0, 0.1) is 23.2 Å². The molecule has 0 aromatic rings. The van der Waals surface area contributed by atoms with E-state index in [1.54, 1.807) is 5.57 Å². The Kier molecular flexibility index (Phi) is 6.40. The van der Waals surface area contributed by atoms with Gasteiger partial charge in [-0.05, 0) is 60.3 Å². The Morgan fingerprint density at radius 2 is 2.11 bits per heavy atom. The fraction of sp³-hybridized carbons (Fsp3) is 0.875. The Labute approximate surface area is 121 Å². The molecule has 106 valence electrons. The number of hydrogen-bond acceptors (Lipinski definition) is 1. The number of allylic oxidation sites excluding steroid dienone is 1. The molecule has 2 aliphatic carbocycles. The highest BCUT2D eigenvalue weighted by Crippen LogP contribution is 2.59. The zero-order valence-corrected chi connectivity index (χ0v) is 14.0. The molecule has 1 nitrogen and oxygen atoms in total. The summed E-state index contributed by atoms with van der Waals surface area (Å²) in [4.78, 5) is 2.17. The van der Waals surface area contributed by atoms with Crippen molar-refractivity contribution in [2.75, 3.05) is 6.61 Å². The van der Waals surface area contributed by atoms with E-state index in [1.807, 2.05) is 13.8 Å². The van der Waals surface area contributed by atoms with Crippen LogP contribution in [-0.2, 0) is 0 Å². The number of aliphatic hydroxyl groups excluding tert-OH is 1. The summed E-state index contributed by atoms with van der Waals surface area (Å²) in [5.41, 5.74) is 2.06. The van der Waals surface area contributed by atoms with E-state index >= 15 is 0 Å². The van der Waals surface area contributed by atoms with Gasteiger partial charge in [0.15, 0.2) is 0 Å². The van der Waals surface area contributed by atoms with Gasteiger partial charge in [0, 0.05) is 6.61 Å². The van der Waals surface area contributed by atoms with Crippen LogP contribution in [0.3, 0.4) is 0 Å². The van der Waals surface area contributed by atoms with Crippen LogP contribution in [0.2, 0.25) is 0 Å². The molecule has 0 aliphatic heterocycles. The summed E-state index contributed by atoms with van der Waals surface area (Å²) >= 11 is 3.53. The van der Waals surface area contributed by atoms with E-state index in [0.717, 1.165) is 5.92 Å². The molecule has 0 aromatic heterocycles. The van der Waals surface area contributed by atoms with Gasteiger partial charge in [-0.2, -0.15) is 0 Å². The average molecular weight is 317 g/mol. The van der Waals surface area contributed by atoms with Gasteiger partial charge in [0.1, 0.15) is 0 Å². The SMILES string of the molecule is CC.C[C@H](CO)C1CCC2/C(=C/Br)CCCC21C. The van der Waals surface area contributed by atoms with E-state index < -0.39 is 0 Å². The Bertz CT molecular complexity index is 287. The fourth-order valence-electron chi connectivity index (χ4n) is 4.27. The van der Waals surface area contributed by atoms with Crippen molar-refractivity contribution >= 4 is 15.9 Å². The average Bonchev–Trinajstić information content (AvgIpc) is 2.77. The number of aliphatic hydroxyl groups is 1. The van der Waals surface area contributed by atoms with E-state index in [9.17, 15) is 5.11 Å². The Morgan fingerprint density at radius 3 is 2.67 bits per heavy atom. The summed E-state index contributed by atoms with van der Waals surface area (Å²) in [6.45, 7) is 9.02. The second kappa shape index (κ2) is 7.09. The first-order valence-corrected chi connectivity index (χ1v) is 8.45. The van der Waals surface area contributed by atoms with Crippen molar-refractivity contribution < 1.29 is 5.11 Å². The second-order valence-electron chi connectivity index (χ2n) is 5.94. The van der Waals surface area contributed by atoms with Crippen LogP contribution in [0.15, 0.2) is 10.6 Å². The highest BCUT2D eigenvalue weighted by atomic mass is 79.9. The normalized spacial score (nSPS) is 38.9. The number of halogens is 1. The van der Waals surface area contributed by atoms with Crippen molar-refractivity contribution in [3.05, 3.63) is 10.6 Å². The lowest BCUT2D eigenvalue weighted by Crippen LogP contribution is -2.36. The first-order valence-electron chi connectivity index (χ1n) is 7.53. The lowest BCUT2D eigenvalue weighted by atomic mass is 9.61. The Hall–Kier alpha value is 0.180. The van der Waals surface area contributed by atoms with Crippen molar-refractivity contribution in [3.8, 4) is 0 Å². The maximum Gasteiger partial charge on any atom is 0.0459 e. The maximum absolute atomic E-state index is 9.40. The van der Waals surface area contributed by atoms with Gasteiger partial charge in [-0.25, -0.2) is 0 Å². The molecule has 3 unspecified atom stereocenters. The Morgan fingerprint density at radius 1 is 1.44 bits per heavy atom. The minimum absolute atomic E-state index is 0.348. The summed E-state index contributed by atoms with van der Waals surface area (Å²) in [6, 6.07) is 0. The van der Waals surface area contributed by atoms with E-state index in [-0.39, 0.29) is 0 Å². The second-order valence-corrected chi connectivity index (χ2v) is 6.40. The molecular weight excluding hydrogens is 288 g/mol. The van der Waals surface area contributed by atoms with Crippen LogP contribution in [0.5, 0.6) is 0 Å². The summed E-state index contributed by atoms with van der Waals surface area (Å²) < 4.78 is 0. The lowest BCUT2D eigenvalue weighted by Gasteiger charge is -2.44. The molecule has 0 amide bonds. The molecule has 0 spiro atoms. The van der Waals surface area contributed by atoms with E-state index in [0.29, 0.717) is 23.9 Å². The van der Waals surface area contributed by atoms with Gasteiger partial charge in [0.2, 0.25) is 0 Å². The first kappa shape index (κ1) is 16.2. The van der Waals surface area contributed by atoms with Crippen LogP contribution >= 0.6 is 15.9 Å². The molecule has 0 heterocycles. The molecule has 1 N–H and O–H groups in total. The van der Waals surface area contributed by atoms with Crippen molar-refractivity contribution in [2.24, 2.45) is 23.2 Å². The predicted octanol–water partition coefficient (Wildman–Crippen LogP) is 5.14. The van der Waals surface area contributed by atoms with Gasteiger partial charge in [0.25, 0.3) is 0 Å². The topological polar surface area (TPSA) is 20.2 Å². The molecule has 4 atom stereocenters. The van der Waals surface area contributed by atoms with Crippen LogP contribution in [0.1, 0.15) is 59.8 Å². The fourth-order valence-corrected chi connectivity index (χ4v) is 4.82. The molecule has 0 bridgehead atoms. The van der Waals surface area contributed by atoms with Gasteiger partial charge in [0.05, 0.1) is 0 Å². The van der Waals surface area contributed by atoms with E-state index in [2.05, 4.69) is 34.8 Å². The standard InChI is InChI=1S/C14H23BrO.C2H6/c1-10(9-16)12-5-6-13-11(8-15)4-3-7-14(12,13)2;1-2/h8,10,12-13,16H,3-7,9H2,1-2H3;1-2H3/b11-8+;/t10-,12?,13?,14?;/m1./s1. The number of rotatable bonds is 2. The third-order valence-corrected chi connectivity index (χ3v) is 5.74. The Balaban J connectivity index is 0.000000771. The molecule has 2 rings (SSSR count). The molecule has 0 saturated heterocycles. The third kappa shape index (κ3) is 2.85. The lowest BCUT2D eigenvalue weighted by molar-refractivity contribution is 0.0691. The molecule has 2 saturated carbocycles. The van der Waals surface area contributed by atoms with Crippen molar-refractivity contribution in [1.82, 2.24) is 0 Å². The van der Waals surface area contributed by atoms with Crippen molar-refractivity contribution in [3.63, 3.8) is 0 Å². The zero-order valence-electron chi connectivity index (χ0n) is 12.4. The zero-order chi connectivity index (χ0) is 13.8. The van der Waals surface area contributed by atoms with Crippen molar-refractivity contribution in [2.45, 2.75) is 59.8 Å². The van der Waals surface area contributed by atoms with Crippen LogP contribution in [0.25, 0.3) is 0 Å². The van der Waals surface area contributed by atoms with Gasteiger partial charge in [-0.15, -0.1) is 0 Å². The predicted molar refractivity (Wildman–Crippen MR) is 82.8 cm³/mol. The quantitative estimate of drug-likeness (QED) is 0.748. The van der Waals surface area contributed by atoms with Gasteiger partial charge >= 0.3 is 0 Å². The summed E-state index contributed by atoms with van der Waals surface area (Å²) in [5, 5.41) is 9.40. The minimum atomic E-state index is 0.348. The largest absolute Gasteiger partial charge is 0.396 e. The first-order chi connectivity index (χ1) is 8.63. The van der Waals surface area contributed by atoms with Gasteiger partial charge < -0.3 is 5.11 Å². The monoisotopic (exact) mass is 316 g/mol. The highest BCUT2D eigenvalue weighted by molar-refractivity contribution is 9.11. The van der Waals surface area contributed by atoms with E-state index in [1.165, 1.54) is 32.1 Å². The molecule has 18 heavy (non-hydrogen) atoms. The third-order valence-electron chi connectivity index (χ3n) is 5.15. The summed E-state index contributed by atoms with van der Waals surface area (Å²) in [5.74, 6) is 1.94.